The van der Waals surface area contributed by atoms with Gasteiger partial charge in [-0.2, -0.15) is 0 Å². The van der Waals surface area contributed by atoms with Crippen LogP contribution in [0.4, 0.5) is 13.6 Å². The fraction of sp³-hybridized carbons (Fsp3) is 0.500. The molecule has 1 saturated carbocycles. The summed E-state index contributed by atoms with van der Waals surface area (Å²) in [6.07, 6.45) is 0.756. The molecule has 19 heavy (non-hydrogen) atoms. The molecule has 2 amide bonds. The third-order valence-electron chi connectivity index (χ3n) is 4.14. The Hall–Kier alpha value is -1.65. The van der Waals surface area contributed by atoms with Gasteiger partial charge in [0, 0.05) is 25.1 Å². The van der Waals surface area contributed by atoms with Crippen LogP contribution >= 0.6 is 0 Å². The summed E-state index contributed by atoms with van der Waals surface area (Å²) in [7, 11) is 1.53. The average Bonchev–Trinajstić information content (AvgIpc) is 2.89. The second kappa shape index (κ2) is 4.47. The Labute approximate surface area is 111 Å². The molecule has 1 fully saturated rings. The molecule has 0 radical (unpaired) electrons. The minimum atomic E-state index is -0.589. The van der Waals surface area contributed by atoms with Gasteiger partial charge in [-0.25, -0.2) is 13.6 Å². The molecule has 1 aromatic rings. The Balaban J connectivity index is 2.28. The van der Waals surface area contributed by atoms with E-state index in [9.17, 15) is 13.6 Å². The molecule has 0 heterocycles. The van der Waals surface area contributed by atoms with Gasteiger partial charge in [-0.15, -0.1) is 0 Å². The van der Waals surface area contributed by atoms with E-state index in [0.717, 1.165) is 12.5 Å². The van der Waals surface area contributed by atoms with Gasteiger partial charge in [-0.05, 0) is 23.5 Å². The lowest BCUT2D eigenvalue weighted by molar-refractivity contribution is 0.241. The standard InChI is InChI=1S/C14H18F2N2O/c1-13(2)7-14(13,8-18-12(19)17-3)10-5-4-9(15)6-11(10)16/h4-6H,7-8H2,1-3H3,(H2,17,18,19). The van der Waals surface area contributed by atoms with Gasteiger partial charge in [0.15, 0.2) is 0 Å². The van der Waals surface area contributed by atoms with Crippen molar-refractivity contribution in [2.75, 3.05) is 13.6 Å². The molecule has 1 aliphatic carbocycles. The maximum atomic E-state index is 14.0. The number of hydrogen-bond donors (Lipinski definition) is 2. The number of rotatable bonds is 3. The average molecular weight is 268 g/mol. The summed E-state index contributed by atoms with van der Waals surface area (Å²) in [6, 6.07) is 3.33. The summed E-state index contributed by atoms with van der Waals surface area (Å²) < 4.78 is 27.0. The molecular weight excluding hydrogens is 250 g/mol. The highest BCUT2D eigenvalue weighted by Gasteiger charge is 2.62. The van der Waals surface area contributed by atoms with Crippen molar-refractivity contribution in [3.63, 3.8) is 0 Å². The van der Waals surface area contributed by atoms with E-state index >= 15 is 0 Å². The summed E-state index contributed by atoms with van der Waals surface area (Å²) in [5, 5.41) is 5.18. The van der Waals surface area contributed by atoms with Crippen LogP contribution in [0.3, 0.4) is 0 Å². The lowest BCUT2D eigenvalue weighted by Crippen LogP contribution is -2.39. The van der Waals surface area contributed by atoms with E-state index < -0.39 is 17.0 Å². The van der Waals surface area contributed by atoms with Crippen LogP contribution in [0.5, 0.6) is 0 Å². The first kappa shape index (κ1) is 13.8. The van der Waals surface area contributed by atoms with Gasteiger partial charge in [0.25, 0.3) is 0 Å². The zero-order valence-corrected chi connectivity index (χ0v) is 11.3. The number of carbonyl (C=O) groups is 1. The van der Waals surface area contributed by atoms with Gasteiger partial charge in [0.1, 0.15) is 11.6 Å². The topological polar surface area (TPSA) is 41.1 Å². The van der Waals surface area contributed by atoms with Crippen molar-refractivity contribution >= 4 is 6.03 Å². The molecule has 1 aromatic carbocycles. The number of hydrogen-bond acceptors (Lipinski definition) is 1. The third-order valence-corrected chi connectivity index (χ3v) is 4.14. The molecule has 2 rings (SSSR count). The first-order chi connectivity index (χ1) is 8.82. The molecule has 1 unspecified atom stereocenters. The monoisotopic (exact) mass is 268 g/mol. The second-order valence-electron chi connectivity index (χ2n) is 5.70. The number of urea groups is 1. The first-order valence-electron chi connectivity index (χ1n) is 6.23. The Morgan fingerprint density at radius 3 is 2.47 bits per heavy atom. The van der Waals surface area contributed by atoms with Crippen molar-refractivity contribution in [3.8, 4) is 0 Å². The summed E-state index contributed by atoms with van der Waals surface area (Å²) >= 11 is 0. The van der Waals surface area contributed by atoms with Crippen LogP contribution in [-0.2, 0) is 5.41 Å². The zero-order chi connectivity index (χ0) is 14.3. The van der Waals surface area contributed by atoms with Crippen LogP contribution in [-0.4, -0.2) is 19.6 Å². The fourth-order valence-corrected chi connectivity index (χ4v) is 2.76. The molecule has 5 heteroatoms. The molecule has 0 spiro atoms. The minimum absolute atomic E-state index is 0.118. The van der Waals surface area contributed by atoms with E-state index in [2.05, 4.69) is 10.6 Å². The molecule has 0 bridgehead atoms. The van der Waals surface area contributed by atoms with Gasteiger partial charge in [0.05, 0.1) is 0 Å². The van der Waals surface area contributed by atoms with Gasteiger partial charge < -0.3 is 10.6 Å². The lowest BCUT2D eigenvalue weighted by Gasteiger charge is -2.22. The van der Waals surface area contributed by atoms with Crippen molar-refractivity contribution < 1.29 is 13.6 Å². The summed E-state index contributed by atoms with van der Waals surface area (Å²) in [6.45, 7) is 4.37. The smallest absolute Gasteiger partial charge is 0.314 e. The molecule has 3 nitrogen and oxygen atoms in total. The highest BCUT2D eigenvalue weighted by Crippen LogP contribution is 2.64. The maximum Gasteiger partial charge on any atom is 0.314 e. The molecule has 0 aromatic heterocycles. The summed E-state index contributed by atoms with van der Waals surface area (Å²) in [5.41, 5.74) is -0.112. The van der Waals surface area contributed by atoms with E-state index in [4.69, 9.17) is 0 Å². The van der Waals surface area contributed by atoms with Gasteiger partial charge in [-0.1, -0.05) is 19.9 Å². The highest BCUT2D eigenvalue weighted by molar-refractivity contribution is 5.73. The van der Waals surface area contributed by atoms with E-state index in [-0.39, 0.29) is 11.4 Å². The zero-order valence-electron chi connectivity index (χ0n) is 11.3. The number of halogens is 2. The van der Waals surface area contributed by atoms with Crippen LogP contribution in [0.2, 0.25) is 0 Å². The molecule has 1 atom stereocenters. The summed E-state index contributed by atoms with van der Waals surface area (Å²) in [4.78, 5) is 11.3. The predicted molar refractivity (Wildman–Crippen MR) is 68.9 cm³/mol. The van der Waals surface area contributed by atoms with Crippen molar-refractivity contribution in [1.82, 2.24) is 10.6 Å². The maximum absolute atomic E-state index is 14.0. The summed E-state index contributed by atoms with van der Waals surface area (Å²) in [5.74, 6) is -1.14. The number of benzene rings is 1. The van der Waals surface area contributed by atoms with E-state index in [1.807, 2.05) is 13.8 Å². The third kappa shape index (κ3) is 2.29. The Kier molecular flexibility index (Phi) is 3.24. The molecule has 2 N–H and O–H groups in total. The molecule has 1 aliphatic rings. The van der Waals surface area contributed by atoms with Crippen LogP contribution in [0.25, 0.3) is 0 Å². The van der Waals surface area contributed by atoms with Gasteiger partial charge >= 0.3 is 6.03 Å². The van der Waals surface area contributed by atoms with Crippen molar-refractivity contribution in [2.24, 2.45) is 5.41 Å². The molecule has 0 saturated heterocycles. The first-order valence-corrected chi connectivity index (χ1v) is 6.23. The van der Waals surface area contributed by atoms with Crippen LogP contribution in [0, 0.1) is 17.0 Å². The van der Waals surface area contributed by atoms with Crippen LogP contribution in [0.15, 0.2) is 18.2 Å². The Bertz CT molecular complexity index is 516. The van der Waals surface area contributed by atoms with Gasteiger partial charge in [0.2, 0.25) is 0 Å². The van der Waals surface area contributed by atoms with Gasteiger partial charge in [-0.3, -0.25) is 0 Å². The van der Waals surface area contributed by atoms with Crippen molar-refractivity contribution in [1.29, 1.82) is 0 Å². The highest BCUT2D eigenvalue weighted by atomic mass is 19.1. The van der Waals surface area contributed by atoms with E-state index in [0.29, 0.717) is 12.1 Å². The minimum Gasteiger partial charge on any atom is -0.341 e. The quantitative estimate of drug-likeness (QED) is 0.869. The van der Waals surface area contributed by atoms with E-state index in [1.54, 1.807) is 0 Å². The normalized spacial score (nSPS) is 23.8. The largest absolute Gasteiger partial charge is 0.341 e. The second-order valence-corrected chi connectivity index (χ2v) is 5.70. The predicted octanol–water partition coefficient (Wildman–Crippen LogP) is 2.56. The Morgan fingerprint density at radius 2 is 2.00 bits per heavy atom. The fourth-order valence-electron chi connectivity index (χ4n) is 2.76. The van der Waals surface area contributed by atoms with Crippen LogP contribution in [0.1, 0.15) is 25.8 Å². The van der Waals surface area contributed by atoms with Crippen LogP contribution < -0.4 is 10.6 Å². The van der Waals surface area contributed by atoms with Crippen molar-refractivity contribution in [2.45, 2.75) is 25.7 Å². The lowest BCUT2D eigenvalue weighted by atomic mass is 9.87. The molecule has 104 valence electrons. The Morgan fingerprint density at radius 1 is 1.37 bits per heavy atom. The molecular formula is C14H18F2N2O. The van der Waals surface area contributed by atoms with E-state index in [1.165, 1.54) is 19.2 Å². The number of amides is 2. The number of nitrogens with one attached hydrogen (secondary N) is 2. The van der Waals surface area contributed by atoms with Crippen molar-refractivity contribution in [3.05, 3.63) is 35.4 Å². The molecule has 0 aliphatic heterocycles. The number of carbonyl (C=O) groups excluding carboxylic acids is 1. The SMILES string of the molecule is CNC(=O)NCC1(c2ccc(F)cc2F)CC1(C)C.